The highest BCUT2D eigenvalue weighted by Gasteiger charge is 2.33. The molecule has 6 heteroatoms. The lowest BCUT2D eigenvalue weighted by Gasteiger charge is -2.10. The van der Waals surface area contributed by atoms with Gasteiger partial charge in [-0.15, -0.1) is 0 Å². The number of sulfone groups is 1. The Morgan fingerprint density at radius 3 is 2.56 bits per heavy atom. The first-order valence-electron chi connectivity index (χ1n) is 6.34. The van der Waals surface area contributed by atoms with E-state index >= 15 is 0 Å². The summed E-state index contributed by atoms with van der Waals surface area (Å²) in [5.74, 6) is 2.49. The van der Waals surface area contributed by atoms with Crippen molar-refractivity contribution in [2.75, 3.05) is 23.9 Å². The normalized spacial score (nSPS) is 26.2. The molecular weight excluding hydrogens is 250 g/mol. The molecule has 18 heavy (non-hydrogen) atoms. The molecule has 2 heterocycles. The van der Waals surface area contributed by atoms with Gasteiger partial charge in [-0.3, -0.25) is 0 Å². The fourth-order valence-corrected chi connectivity index (χ4v) is 4.12. The summed E-state index contributed by atoms with van der Waals surface area (Å²) in [6, 6.07) is 1.98. The molecule has 5 nitrogen and oxygen atoms in total. The topological polar surface area (TPSA) is 72.0 Å². The van der Waals surface area contributed by atoms with Gasteiger partial charge in [0.25, 0.3) is 0 Å². The first kappa shape index (κ1) is 11.9. The second-order valence-electron chi connectivity index (χ2n) is 5.16. The maximum absolute atomic E-state index is 11.5. The molecule has 1 saturated heterocycles. The largest absolute Gasteiger partial charge is 0.373 e. The van der Waals surface area contributed by atoms with Crippen LogP contribution in [0.4, 0.5) is 5.82 Å². The van der Waals surface area contributed by atoms with Crippen LogP contribution in [0.5, 0.6) is 0 Å². The zero-order valence-electron chi connectivity index (χ0n) is 10.4. The third-order valence-electron chi connectivity index (χ3n) is 3.61. The standard InChI is InChI=1S/C12H17N3O2S/c1-13-11-6-10(8-2-3-8)14-12(15-11)9-4-5-18(16,17)7-9/h6,8-9H,2-5,7H2,1H3,(H,13,14,15). The number of hydrogen-bond donors (Lipinski definition) is 1. The maximum atomic E-state index is 11.5. The minimum absolute atomic E-state index is 0.0270. The number of nitrogens with one attached hydrogen (secondary N) is 1. The van der Waals surface area contributed by atoms with E-state index in [0.717, 1.165) is 11.5 Å². The van der Waals surface area contributed by atoms with Gasteiger partial charge in [-0.1, -0.05) is 0 Å². The van der Waals surface area contributed by atoms with E-state index in [-0.39, 0.29) is 17.4 Å². The monoisotopic (exact) mass is 267 g/mol. The molecule has 1 aromatic rings. The van der Waals surface area contributed by atoms with Crippen LogP contribution in [0.3, 0.4) is 0 Å². The molecule has 2 aliphatic rings. The Kier molecular flexibility index (Phi) is 2.77. The molecule has 1 atom stereocenters. The minimum atomic E-state index is -2.88. The van der Waals surface area contributed by atoms with Gasteiger partial charge in [-0.05, 0) is 19.3 Å². The van der Waals surface area contributed by atoms with Crippen molar-refractivity contribution in [2.24, 2.45) is 0 Å². The van der Waals surface area contributed by atoms with Crippen molar-refractivity contribution in [3.63, 3.8) is 0 Å². The first-order chi connectivity index (χ1) is 8.57. The lowest BCUT2D eigenvalue weighted by molar-refractivity contribution is 0.601. The highest BCUT2D eigenvalue weighted by molar-refractivity contribution is 7.91. The second-order valence-corrected chi connectivity index (χ2v) is 7.39. The molecule has 0 radical (unpaired) electrons. The average Bonchev–Trinajstić information content (AvgIpc) is 3.13. The summed E-state index contributed by atoms with van der Waals surface area (Å²) >= 11 is 0. The van der Waals surface area contributed by atoms with E-state index in [2.05, 4.69) is 15.3 Å². The fourth-order valence-electron chi connectivity index (χ4n) is 2.38. The van der Waals surface area contributed by atoms with Gasteiger partial charge in [0.1, 0.15) is 11.6 Å². The Bertz CT molecular complexity index is 567. The van der Waals surface area contributed by atoms with Gasteiger partial charge in [-0.2, -0.15) is 0 Å². The Morgan fingerprint density at radius 2 is 2.00 bits per heavy atom. The summed E-state index contributed by atoms with van der Waals surface area (Å²) in [6.45, 7) is 0. The van der Waals surface area contributed by atoms with E-state index in [4.69, 9.17) is 0 Å². The van der Waals surface area contributed by atoms with Crippen LogP contribution in [0, 0.1) is 0 Å². The highest BCUT2D eigenvalue weighted by atomic mass is 32.2. The van der Waals surface area contributed by atoms with Crippen molar-refractivity contribution in [3.05, 3.63) is 17.6 Å². The van der Waals surface area contributed by atoms with Crippen molar-refractivity contribution in [3.8, 4) is 0 Å². The van der Waals surface area contributed by atoms with Gasteiger partial charge in [0.05, 0.1) is 11.5 Å². The molecule has 3 rings (SSSR count). The third kappa shape index (κ3) is 2.34. The Morgan fingerprint density at radius 1 is 1.22 bits per heavy atom. The number of anilines is 1. The van der Waals surface area contributed by atoms with E-state index in [1.807, 2.05) is 13.1 Å². The van der Waals surface area contributed by atoms with Crippen LogP contribution in [0.2, 0.25) is 0 Å². The predicted molar refractivity (Wildman–Crippen MR) is 69.6 cm³/mol. The molecule has 0 bridgehead atoms. The summed E-state index contributed by atoms with van der Waals surface area (Å²) in [5, 5.41) is 3.03. The van der Waals surface area contributed by atoms with E-state index in [1.54, 1.807) is 0 Å². The Labute approximate surface area is 107 Å². The molecule has 0 aromatic carbocycles. The fraction of sp³-hybridized carbons (Fsp3) is 0.667. The molecule has 1 aromatic heterocycles. The number of aromatic nitrogens is 2. The first-order valence-corrected chi connectivity index (χ1v) is 8.16. The summed E-state index contributed by atoms with van der Waals surface area (Å²) in [6.07, 6.45) is 3.02. The van der Waals surface area contributed by atoms with E-state index in [0.29, 0.717) is 18.2 Å². The Balaban J connectivity index is 1.93. The third-order valence-corrected chi connectivity index (χ3v) is 5.38. The molecule has 1 aliphatic carbocycles. The quantitative estimate of drug-likeness (QED) is 0.893. The summed E-state index contributed by atoms with van der Waals surface area (Å²) in [4.78, 5) is 9.00. The SMILES string of the molecule is CNc1cc(C2CC2)nc(C2CCS(=O)(=O)C2)n1. The number of hydrogen-bond acceptors (Lipinski definition) is 5. The summed E-state index contributed by atoms with van der Waals surface area (Å²) < 4.78 is 23.1. The van der Waals surface area contributed by atoms with Crippen LogP contribution in [0.15, 0.2) is 6.07 Å². The van der Waals surface area contributed by atoms with Crippen LogP contribution in [-0.4, -0.2) is 36.9 Å². The molecular formula is C12H17N3O2S. The molecule has 1 unspecified atom stereocenters. The van der Waals surface area contributed by atoms with Crippen LogP contribution in [-0.2, 0) is 9.84 Å². The maximum Gasteiger partial charge on any atom is 0.151 e. The van der Waals surface area contributed by atoms with Gasteiger partial charge in [0.15, 0.2) is 9.84 Å². The van der Waals surface area contributed by atoms with Gasteiger partial charge in [-0.25, -0.2) is 18.4 Å². The molecule has 1 saturated carbocycles. The van der Waals surface area contributed by atoms with Crippen molar-refractivity contribution >= 4 is 15.7 Å². The molecule has 1 aliphatic heterocycles. The van der Waals surface area contributed by atoms with E-state index in [9.17, 15) is 8.42 Å². The van der Waals surface area contributed by atoms with Crippen molar-refractivity contribution in [2.45, 2.75) is 31.1 Å². The zero-order chi connectivity index (χ0) is 12.8. The number of nitrogens with zero attached hydrogens (tertiary/aromatic N) is 2. The second kappa shape index (κ2) is 4.19. The predicted octanol–water partition coefficient (Wildman–Crippen LogP) is 1.30. The molecule has 1 N–H and O–H groups in total. The highest BCUT2D eigenvalue weighted by Crippen LogP contribution is 2.40. The van der Waals surface area contributed by atoms with Crippen LogP contribution in [0.1, 0.15) is 42.6 Å². The molecule has 0 spiro atoms. The Hall–Kier alpha value is -1.17. The zero-order valence-corrected chi connectivity index (χ0v) is 11.2. The van der Waals surface area contributed by atoms with E-state index in [1.165, 1.54) is 12.8 Å². The molecule has 0 amide bonds. The summed E-state index contributed by atoms with van der Waals surface area (Å²) in [7, 11) is -1.05. The summed E-state index contributed by atoms with van der Waals surface area (Å²) in [5.41, 5.74) is 1.06. The van der Waals surface area contributed by atoms with Crippen molar-refractivity contribution in [1.82, 2.24) is 9.97 Å². The number of rotatable bonds is 3. The average molecular weight is 267 g/mol. The van der Waals surface area contributed by atoms with Crippen molar-refractivity contribution in [1.29, 1.82) is 0 Å². The van der Waals surface area contributed by atoms with E-state index < -0.39 is 9.84 Å². The lowest BCUT2D eigenvalue weighted by atomic mass is 10.1. The van der Waals surface area contributed by atoms with Crippen LogP contribution in [0.25, 0.3) is 0 Å². The molecule has 2 fully saturated rings. The van der Waals surface area contributed by atoms with Crippen LogP contribution >= 0.6 is 0 Å². The molecule has 98 valence electrons. The van der Waals surface area contributed by atoms with Gasteiger partial charge < -0.3 is 5.32 Å². The smallest absolute Gasteiger partial charge is 0.151 e. The van der Waals surface area contributed by atoms with Crippen molar-refractivity contribution < 1.29 is 8.42 Å². The van der Waals surface area contributed by atoms with Gasteiger partial charge >= 0.3 is 0 Å². The van der Waals surface area contributed by atoms with Crippen LogP contribution < -0.4 is 5.32 Å². The van der Waals surface area contributed by atoms with Gasteiger partial charge in [0, 0.05) is 30.6 Å². The lowest BCUT2D eigenvalue weighted by Crippen LogP contribution is -2.10. The minimum Gasteiger partial charge on any atom is -0.373 e. The van der Waals surface area contributed by atoms with Gasteiger partial charge in [0.2, 0.25) is 0 Å².